The summed E-state index contributed by atoms with van der Waals surface area (Å²) in [5.74, 6) is -0.0428. The fourth-order valence-corrected chi connectivity index (χ4v) is 2.53. The van der Waals surface area contributed by atoms with Crippen molar-refractivity contribution in [2.75, 3.05) is 13.2 Å². The summed E-state index contributed by atoms with van der Waals surface area (Å²) >= 11 is 0. The zero-order valence-corrected chi connectivity index (χ0v) is 19.5. The Hall–Kier alpha value is -1.06. The number of carbonyl (C=O) groups excluding carboxylic acids is 2. The first-order valence-electron chi connectivity index (χ1n) is 10.4. The topological polar surface area (TPSA) is 52.6 Å². The second-order valence-corrected chi connectivity index (χ2v) is 11.2. The van der Waals surface area contributed by atoms with Crippen molar-refractivity contribution in [1.82, 2.24) is 0 Å². The fraction of sp³-hybridized carbons (Fsp3) is 0.913. The average molecular weight is 385 g/mol. The van der Waals surface area contributed by atoms with Gasteiger partial charge in [-0.15, -0.1) is 0 Å². The van der Waals surface area contributed by atoms with Crippen molar-refractivity contribution < 1.29 is 19.1 Å². The van der Waals surface area contributed by atoms with Crippen molar-refractivity contribution in [3.05, 3.63) is 0 Å². The van der Waals surface area contributed by atoms with Gasteiger partial charge in [0.15, 0.2) is 5.41 Å². The van der Waals surface area contributed by atoms with Gasteiger partial charge in [-0.1, -0.05) is 69.2 Å². The van der Waals surface area contributed by atoms with Crippen LogP contribution in [-0.2, 0) is 19.1 Å². The van der Waals surface area contributed by atoms with Crippen LogP contribution in [0, 0.1) is 28.1 Å². The third kappa shape index (κ3) is 10.8. The van der Waals surface area contributed by atoms with Gasteiger partial charge in [0.05, 0.1) is 13.2 Å². The number of esters is 2. The van der Waals surface area contributed by atoms with E-state index in [0.717, 1.165) is 12.8 Å². The van der Waals surface area contributed by atoms with Gasteiger partial charge in [-0.2, -0.15) is 0 Å². The molecular weight excluding hydrogens is 340 g/mol. The molecule has 0 fully saturated rings. The molecule has 0 rings (SSSR count). The van der Waals surface area contributed by atoms with Crippen molar-refractivity contribution in [1.29, 1.82) is 0 Å². The summed E-state index contributed by atoms with van der Waals surface area (Å²) in [5.41, 5.74) is -1.50. The maximum atomic E-state index is 13.2. The maximum absolute atomic E-state index is 13.2. The molecule has 0 amide bonds. The van der Waals surface area contributed by atoms with Gasteiger partial charge in [0.1, 0.15) is 0 Å². The van der Waals surface area contributed by atoms with E-state index in [0.29, 0.717) is 37.9 Å². The fourth-order valence-electron chi connectivity index (χ4n) is 2.53. The SMILES string of the molecule is CC(C)CCC(CCC(C)C)(C(=O)OCC(C)(C)C)C(=O)OCC(C)(C)C. The quantitative estimate of drug-likeness (QED) is 0.341. The summed E-state index contributed by atoms with van der Waals surface area (Å²) in [4.78, 5) is 26.4. The molecule has 0 atom stereocenters. The molecule has 0 unspecified atom stereocenters. The first kappa shape index (κ1) is 25.9. The number of hydrogen-bond donors (Lipinski definition) is 0. The van der Waals surface area contributed by atoms with Gasteiger partial charge in [0.2, 0.25) is 0 Å². The van der Waals surface area contributed by atoms with Crippen LogP contribution in [0.5, 0.6) is 0 Å². The molecule has 0 bridgehead atoms. The van der Waals surface area contributed by atoms with Crippen LogP contribution in [0.15, 0.2) is 0 Å². The van der Waals surface area contributed by atoms with E-state index in [1.807, 2.05) is 41.5 Å². The minimum absolute atomic E-state index is 0.146. The summed E-state index contributed by atoms with van der Waals surface area (Å²) in [5, 5.41) is 0. The zero-order chi connectivity index (χ0) is 21.5. The average Bonchev–Trinajstić information content (AvgIpc) is 2.49. The molecule has 4 nitrogen and oxygen atoms in total. The third-order valence-corrected chi connectivity index (χ3v) is 4.35. The lowest BCUT2D eigenvalue weighted by Gasteiger charge is -2.33. The summed E-state index contributed by atoms with van der Waals surface area (Å²) in [6, 6.07) is 0. The molecule has 0 spiro atoms. The minimum atomic E-state index is -1.20. The normalized spacial score (nSPS) is 13.2. The second-order valence-electron chi connectivity index (χ2n) is 11.2. The minimum Gasteiger partial charge on any atom is -0.464 e. The summed E-state index contributed by atoms with van der Waals surface area (Å²) in [7, 11) is 0. The Labute approximate surface area is 167 Å². The molecule has 4 heteroatoms. The molecule has 0 radical (unpaired) electrons. The Morgan fingerprint density at radius 2 is 0.963 bits per heavy atom. The van der Waals surface area contributed by atoms with Gasteiger partial charge in [-0.05, 0) is 48.3 Å². The van der Waals surface area contributed by atoms with E-state index in [1.165, 1.54) is 0 Å². The highest BCUT2D eigenvalue weighted by Gasteiger charge is 2.48. The molecule has 0 aliphatic carbocycles. The third-order valence-electron chi connectivity index (χ3n) is 4.35. The molecule has 27 heavy (non-hydrogen) atoms. The van der Waals surface area contributed by atoms with Crippen LogP contribution in [0.25, 0.3) is 0 Å². The van der Waals surface area contributed by atoms with Crippen molar-refractivity contribution in [2.45, 2.75) is 94.9 Å². The molecule has 0 aliphatic heterocycles. The largest absolute Gasteiger partial charge is 0.464 e. The van der Waals surface area contributed by atoms with Crippen molar-refractivity contribution in [3.8, 4) is 0 Å². The monoisotopic (exact) mass is 384 g/mol. The van der Waals surface area contributed by atoms with Crippen LogP contribution < -0.4 is 0 Å². The van der Waals surface area contributed by atoms with Crippen LogP contribution in [0.1, 0.15) is 94.9 Å². The highest BCUT2D eigenvalue weighted by Crippen LogP contribution is 2.37. The summed E-state index contributed by atoms with van der Waals surface area (Å²) in [6.45, 7) is 21.1. The Balaban J connectivity index is 5.68. The lowest BCUT2D eigenvalue weighted by Crippen LogP contribution is -2.44. The molecule has 0 heterocycles. The lowest BCUT2D eigenvalue weighted by atomic mass is 9.76. The highest BCUT2D eigenvalue weighted by atomic mass is 16.6. The predicted molar refractivity (Wildman–Crippen MR) is 111 cm³/mol. The van der Waals surface area contributed by atoms with E-state index >= 15 is 0 Å². The van der Waals surface area contributed by atoms with Gasteiger partial charge in [-0.25, -0.2) is 0 Å². The van der Waals surface area contributed by atoms with Gasteiger partial charge >= 0.3 is 11.9 Å². The predicted octanol–water partition coefficient (Wildman–Crippen LogP) is 6.02. The van der Waals surface area contributed by atoms with Crippen molar-refractivity contribution in [3.63, 3.8) is 0 Å². The summed E-state index contributed by atoms with van der Waals surface area (Å²) in [6.07, 6.45) is 2.52. The van der Waals surface area contributed by atoms with E-state index in [9.17, 15) is 9.59 Å². The van der Waals surface area contributed by atoms with Gasteiger partial charge in [-0.3, -0.25) is 9.59 Å². The highest BCUT2D eigenvalue weighted by molar-refractivity contribution is 6.00. The molecule has 0 aromatic heterocycles. The van der Waals surface area contributed by atoms with Crippen molar-refractivity contribution >= 4 is 11.9 Å². The molecule has 160 valence electrons. The van der Waals surface area contributed by atoms with Crippen LogP contribution in [-0.4, -0.2) is 25.2 Å². The molecule has 0 saturated carbocycles. The Kier molecular flexibility index (Phi) is 10.1. The van der Waals surface area contributed by atoms with E-state index in [2.05, 4.69) is 27.7 Å². The van der Waals surface area contributed by atoms with E-state index in [-0.39, 0.29) is 10.8 Å². The van der Waals surface area contributed by atoms with Gasteiger partial charge < -0.3 is 9.47 Å². The molecule has 0 aliphatic rings. The van der Waals surface area contributed by atoms with E-state index in [4.69, 9.17) is 9.47 Å². The number of hydrogen-bond acceptors (Lipinski definition) is 4. The smallest absolute Gasteiger partial charge is 0.323 e. The second kappa shape index (κ2) is 10.5. The first-order chi connectivity index (χ1) is 12.1. The van der Waals surface area contributed by atoms with E-state index in [1.54, 1.807) is 0 Å². The maximum Gasteiger partial charge on any atom is 0.323 e. The molecular formula is C23H44O4. The molecule has 0 aromatic carbocycles. The lowest BCUT2D eigenvalue weighted by molar-refractivity contribution is -0.177. The Morgan fingerprint density at radius 3 is 1.19 bits per heavy atom. The number of carbonyl (C=O) groups is 2. The molecule has 0 N–H and O–H groups in total. The first-order valence-corrected chi connectivity index (χ1v) is 10.4. The number of ether oxygens (including phenoxy) is 2. The van der Waals surface area contributed by atoms with Crippen LogP contribution in [0.3, 0.4) is 0 Å². The van der Waals surface area contributed by atoms with Crippen LogP contribution in [0.4, 0.5) is 0 Å². The molecule has 0 aromatic rings. The zero-order valence-electron chi connectivity index (χ0n) is 19.5. The van der Waals surface area contributed by atoms with E-state index < -0.39 is 17.4 Å². The van der Waals surface area contributed by atoms with Gasteiger partial charge in [0, 0.05) is 0 Å². The summed E-state index contributed by atoms with van der Waals surface area (Å²) < 4.78 is 11.3. The number of rotatable bonds is 10. The standard InChI is InChI=1S/C23H44O4/c1-17(2)11-13-23(14-12-18(3)4,19(24)26-15-21(5,6)7)20(25)27-16-22(8,9)10/h17-18H,11-16H2,1-10H3. The Bertz CT molecular complexity index is 420. The van der Waals surface area contributed by atoms with Crippen LogP contribution in [0.2, 0.25) is 0 Å². The Morgan fingerprint density at radius 1 is 0.667 bits per heavy atom. The van der Waals surface area contributed by atoms with Gasteiger partial charge in [0.25, 0.3) is 0 Å². The molecule has 0 saturated heterocycles. The van der Waals surface area contributed by atoms with Crippen LogP contribution >= 0.6 is 0 Å². The van der Waals surface area contributed by atoms with Crippen molar-refractivity contribution in [2.24, 2.45) is 28.1 Å².